The lowest BCUT2D eigenvalue weighted by molar-refractivity contribution is 0.272. The summed E-state index contributed by atoms with van der Waals surface area (Å²) in [6.07, 6.45) is 1.04. The zero-order valence-corrected chi connectivity index (χ0v) is 5.51. The highest BCUT2D eigenvalue weighted by atomic mass is 16.3. The fourth-order valence-electron chi connectivity index (χ4n) is 2.12. The Bertz CT molecular complexity index is 105. The maximum absolute atomic E-state index is 8.61. The van der Waals surface area contributed by atoms with Crippen molar-refractivity contribution in [3.8, 4) is 0 Å². The molecule has 52 valence electrons. The highest BCUT2D eigenvalue weighted by Gasteiger charge is 2.51. The number of rotatable bonds is 2. The largest absolute Gasteiger partial charge is 0.396 e. The first-order valence-corrected chi connectivity index (χ1v) is 3.75. The minimum absolute atomic E-state index is 0.387. The third kappa shape index (κ3) is 0.775. The van der Waals surface area contributed by atoms with Gasteiger partial charge in [-0.3, -0.25) is 0 Å². The molecular weight excluding hydrogens is 114 g/mol. The summed E-state index contributed by atoms with van der Waals surface area (Å²) in [4.78, 5) is 0. The van der Waals surface area contributed by atoms with E-state index in [0.717, 1.165) is 24.2 Å². The van der Waals surface area contributed by atoms with Gasteiger partial charge in [-0.05, 0) is 37.3 Å². The molecule has 2 rings (SSSR count). The van der Waals surface area contributed by atoms with Gasteiger partial charge in [-0.25, -0.2) is 0 Å². The number of hydrogen-bond acceptors (Lipinski definition) is 2. The zero-order chi connectivity index (χ0) is 6.27. The van der Waals surface area contributed by atoms with Crippen LogP contribution in [0.4, 0.5) is 0 Å². The minimum atomic E-state index is 0.387. The predicted octanol–water partition coefficient (Wildman–Crippen LogP) is -0.166. The standard InChI is InChI=1S/C7H13NO/c9-2-1-5-6-3-8-4-7(5)6/h5-9H,1-4H2/t5-,6-,7+. The molecule has 2 heteroatoms. The second-order valence-electron chi connectivity index (χ2n) is 3.16. The summed E-state index contributed by atoms with van der Waals surface area (Å²) in [5, 5.41) is 11.9. The molecule has 2 N–H and O–H groups in total. The van der Waals surface area contributed by atoms with E-state index >= 15 is 0 Å². The molecule has 1 saturated carbocycles. The van der Waals surface area contributed by atoms with Crippen molar-refractivity contribution in [1.82, 2.24) is 5.32 Å². The summed E-state index contributed by atoms with van der Waals surface area (Å²) in [7, 11) is 0. The van der Waals surface area contributed by atoms with Gasteiger partial charge in [0.25, 0.3) is 0 Å². The number of nitrogens with one attached hydrogen (secondary N) is 1. The quantitative estimate of drug-likeness (QED) is 0.540. The molecular formula is C7H13NO. The average Bonchev–Trinajstić information content (AvgIpc) is 2.39. The summed E-state index contributed by atoms with van der Waals surface area (Å²) in [6.45, 7) is 2.79. The first-order valence-electron chi connectivity index (χ1n) is 3.75. The van der Waals surface area contributed by atoms with E-state index in [0.29, 0.717) is 6.61 Å². The van der Waals surface area contributed by atoms with Crippen LogP contribution in [-0.2, 0) is 0 Å². The zero-order valence-electron chi connectivity index (χ0n) is 5.51. The van der Waals surface area contributed by atoms with Crippen molar-refractivity contribution in [2.24, 2.45) is 17.8 Å². The molecule has 0 amide bonds. The highest BCUT2D eigenvalue weighted by Crippen LogP contribution is 2.50. The normalized spacial score (nSPS) is 47.0. The van der Waals surface area contributed by atoms with Gasteiger partial charge in [0.1, 0.15) is 0 Å². The van der Waals surface area contributed by atoms with E-state index in [9.17, 15) is 0 Å². The van der Waals surface area contributed by atoms with E-state index in [-0.39, 0.29) is 0 Å². The molecule has 0 aromatic rings. The number of piperidine rings is 1. The Balaban J connectivity index is 1.81. The molecule has 0 unspecified atom stereocenters. The van der Waals surface area contributed by atoms with Crippen LogP contribution in [-0.4, -0.2) is 24.8 Å². The summed E-state index contributed by atoms with van der Waals surface area (Å²) >= 11 is 0. The summed E-state index contributed by atoms with van der Waals surface area (Å²) in [6, 6.07) is 0. The van der Waals surface area contributed by atoms with Crippen LogP contribution >= 0.6 is 0 Å². The van der Waals surface area contributed by atoms with Crippen molar-refractivity contribution in [3.63, 3.8) is 0 Å². The first-order chi connectivity index (χ1) is 4.43. The fraction of sp³-hybridized carbons (Fsp3) is 1.00. The Morgan fingerprint density at radius 3 is 2.56 bits per heavy atom. The van der Waals surface area contributed by atoms with Crippen LogP contribution in [0.15, 0.2) is 0 Å². The molecule has 0 aromatic heterocycles. The molecule has 0 aromatic carbocycles. The van der Waals surface area contributed by atoms with E-state index < -0.39 is 0 Å². The highest BCUT2D eigenvalue weighted by molar-refractivity contribution is 5.03. The monoisotopic (exact) mass is 127 g/mol. The van der Waals surface area contributed by atoms with Gasteiger partial charge < -0.3 is 10.4 Å². The van der Waals surface area contributed by atoms with Gasteiger partial charge >= 0.3 is 0 Å². The van der Waals surface area contributed by atoms with Crippen molar-refractivity contribution in [2.75, 3.05) is 19.7 Å². The van der Waals surface area contributed by atoms with Crippen LogP contribution in [0, 0.1) is 17.8 Å². The van der Waals surface area contributed by atoms with Gasteiger partial charge in [0, 0.05) is 6.61 Å². The van der Waals surface area contributed by atoms with Gasteiger partial charge in [-0.1, -0.05) is 0 Å². The maximum Gasteiger partial charge on any atom is 0.0433 e. The lowest BCUT2D eigenvalue weighted by Crippen LogP contribution is -2.14. The topological polar surface area (TPSA) is 32.3 Å². The smallest absolute Gasteiger partial charge is 0.0433 e. The molecule has 1 aliphatic heterocycles. The van der Waals surface area contributed by atoms with Crippen LogP contribution in [0.25, 0.3) is 0 Å². The number of fused-ring (bicyclic) bond motifs is 1. The lowest BCUT2D eigenvalue weighted by Gasteiger charge is -1.99. The Labute approximate surface area is 55.3 Å². The number of aliphatic hydroxyl groups is 1. The SMILES string of the molecule is OCC[C@@H]1[C@H]2CNC[C@@H]12. The molecule has 1 aliphatic carbocycles. The van der Waals surface area contributed by atoms with Gasteiger partial charge in [0.05, 0.1) is 0 Å². The van der Waals surface area contributed by atoms with E-state index in [1.165, 1.54) is 13.1 Å². The third-order valence-corrected chi connectivity index (χ3v) is 2.73. The molecule has 2 aliphatic rings. The molecule has 3 atom stereocenters. The molecule has 1 saturated heterocycles. The van der Waals surface area contributed by atoms with Crippen molar-refractivity contribution >= 4 is 0 Å². The van der Waals surface area contributed by atoms with Gasteiger partial charge in [0.15, 0.2) is 0 Å². The molecule has 0 spiro atoms. The summed E-state index contributed by atoms with van der Waals surface area (Å²) in [5.41, 5.74) is 0. The van der Waals surface area contributed by atoms with Crippen LogP contribution in [0.3, 0.4) is 0 Å². The molecule has 1 heterocycles. The summed E-state index contributed by atoms with van der Waals surface area (Å²) < 4.78 is 0. The first kappa shape index (κ1) is 5.69. The Morgan fingerprint density at radius 2 is 2.00 bits per heavy atom. The molecule has 0 bridgehead atoms. The van der Waals surface area contributed by atoms with E-state index in [2.05, 4.69) is 5.32 Å². The fourth-order valence-corrected chi connectivity index (χ4v) is 2.12. The second kappa shape index (κ2) is 1.96. The minimum Gasteiger partial charge on any atom is -0.396 e. The van der Waals surface area contributed by atoms with Crippen molar-refractivity contribution in [1.29, 1.82) is 0 Å². The number of hydrogen-bond donors (Lipinski definition) is 2. The van der Waals surface area contributed by atoms with Gasteiger partial charge in [-0.15, -0.1) is 0 Å². The Kier molecular flexibility index (Phi) is 1.24. The van der Waals surface area contributed by atoms with Crippen molar-refractivity contribution < 1.29 is 5.11 Å². The van der Waals surface area contributed by atoms with E-state index in [4.69, 9.17) is 5.11 Å². The van der Waals surface area contributed by atoms with Crippen molar-refractivity contribution in [2.45, 2.75) is 6.42 Å². The average molecular weight is 127 g/mol. The Morgan fingerprint density at radius 1 is 1.33 bits per heavy atom. The molecule has 9 heavy (non-hydrogen) atoms. The van der Waals surface area contributed by atoms with Crippen LogP contribution in [0.2, 0.25) is 0 Å². The Hall–Kier alpha value is -0.0800. The van der Waals surface area contributed by atoms with Crippen LogP contribution < -0.4 is 5.32 Å². The predicted molar refractivity (Wildman–Crippen MR) is 35.0 cm³/mol. The number of aliphatic hydroxyl groups excluding tert-OH is 1. The van der Waals surface area contributed by atoms with Crippen molar-refractivity contribution in [3.05, 3.63) is 0 Å². The van der Waals surface area contributed by atoms with Gasteiger partial charge in [-0.2, -0.15) is 0 Å². The van der Waals surface area contributed by atoms with E-state index in [1.54, 1.807) is 0 Å². The molecule has 2 fully saturated rings. The lowest BCUT2D eigenvalue weighted by atomic mass is 10.2. The van der Waals surface area contributed by atoms with E-state index in [1.807, 2.05) is 0 Å². The second-order valence-corrected chi connectivity index (χ2v) is 3.16. The summed E-state index contributed by atoms with van der Waals surface area (Å²) in [5.74, 6) is 2.73. The third-order valence-electron chi connectivity index (χ3n) is 2.73. The van der Waals surface area contributed by atoms with Crippen LogP contribution in [0.5, 0.6) is 0 Å². The van der Waals surface area contributed by atoms with Crippen LogP contribution in [0.1, 0.15) is 6.42 Å². The van der Waals surface area contributed by atoms with Gasteiger partial charge in [0.2, 0.25) is 0 Å². The maximum atomic E-state index is 8.61. The molecule has 2 nitrogen and oxygen atoms in total. The molecule has 0 radical (unpaired) electrons.